The molecular weight excluding hydrogens is 453 g/mol. The van der Waals surface area contributed by atoms with Gasteiger partial charge in [-0.1, -0.05) is 30.3 Å². The first kappa shape index (κ1) is 25.3. The third-order valence-corrected chi connectivity index (χ3v) is 5.48. The van der Waals surface area contributed by atoms with Gasteiger partial charge in [0.2, 0.25) is 5.91 Å². The fourth-order valence-electron chi connectivity index (χ4n) is 3.64. The highest BCUT2D eigenvalue weighted by molar-refractivity contribution is 5.83. The zero-order valence-corrected chi connectivity index (χ0v) is 18.6. The predicted molar refractivity (Wildman–Crippen MR) is 118 cm³/mol. The highest BCUT2D eigenvalue weighted by Gasteiger charge is 2.32. The normalized spacial score (nSPS) is 13.4. The minimum Gasteiger partial charge on any atom is -0.358 e. The van der Waals surface area contributed by atoms with E-state index in [0.717, 1.165) is 6.07 Å². The highest BCUT2D eigenvalue weighted by Crippen LogP contribution is 2.29. The number of carbonyl (C=O) groups excluding carboxylic acids is 1. The largest absolute Gasteiger partial charge is 0.433 e. The summed E-state index contributed by atoms with van der Waals surface area (Å²) in [6.07, 6.45) is -2.66. The molecule has 0 fully saturated rings. The Balaban J connectivity index is 1.89. The van der Waals surface area contributed by atoms with Crippen molar-refractivity contribution in [1.82, 2.24) is 15.6 Å². The van der Waals surface area contributed by atoms with Crippen molar-refractivity contribution in [2.75, 3.05) is 7.05 Å². The molecule has 1 amide bonds. The van der Waals surface area contributed by atoms with E-state index in [1.165, 1.54) is 43.6 Å². The fraction of sp³-hybridized carbons (Fsp3) is 0.280. The van der Waals surface area contributed by atoms with Crippen LogP contribution in [0.5, 0.6) is 0 Å². The van der Waals surface area contributed by atoms with Crippen LogP contribution in [0, 0.1) is 18.6 Å². The Morgan fingerprint density at radius 3 is 2.38 bits per heavy atom. The van der Waals surface area contributed by atoms with E-state index in [-0.39, 0.29) is 5.82 Å². The third-order valence-electron chi connectivity index (χ3n) is 5.48. The van der Waals surface area contributed by atoms with Crippen LogP contribution in [0.25, 0.3) is 0 Å². The first-order chi connectivity index (χ1) is 16.1. The molecule has 4 nitrogen and oxygen atoms in total. The molecule has 2 atom stereocenters. The van der Waals surface area contributed by atoms with Crippen molar-refractivity contribution in [3.05, 3.63) is 100 Å². The Morgan fingerprint density at radius 1 is 1.03 bits per heavy atom. The SMILES string of the molecule is CNC(=O)[C@H](N[C@H](CCc1ccc(C(F)(F)F)nc1)c1ccc(F)c(C)c1)c1cccc(F)c1. The molecule has 2 aromatic carbocycles. The van der Waals surface area contributed by atoms with Gasteiger partial charge in [-0.3, -0.25) is 15.1 Å². The van der Waals surface area contributed by atoms with E-state index >= 15 is 0 Å². The van der Waals surface area contributed by atoms with Gasteiger partial charge in [0.05, 0.1) is 0 Å². The van der Waals surface area contributed by atoms with Crippen molar-refractivity contribution in [3.8, 4) is 0 Å². The number of carbonyl (C=O) groups is 1. The fourth-order valence-corrected chi connectivity index (χ4v) is 3.64. The van der Waals surface area contributed by atoms with Crippen molar-refractivity contribution in [1.29, 1.82) is 0 Å². The zero-order chi connectivity index (χ0) is 24.9. The molecular formula is C25H24F5N3O. The van der Waals surface area contributed by atoms with Gasteiger partial charge in [-0.05, 0) is 66.3 Å². The number of halogens is 5. The van der Waals surface area contributed by atoms with E-state index in [9.17, 15) is 26.7 Å². The number of amides is 1. The Labute approximate surface area is 194 Å². The van der Waals surface area contributed by atoms with E-state index in [4.69, 9.17) is 0 Å². The molecule has 0 spiro atoms. The summed E-state index contributed by atoms with van der Waals surface area (Å²) in [6.45, 7) is 1.61. The van der Waals surface area contributed by atoms with E-state index < -0.39 is 35.7 Å². The number of hydrogen-bond donors (Lipinski definition) is 2. The van der Waals surface area contributed by atoms with Crippen LogP contribution < -0.4 is 10.6 Å². The highest BCUT2D eigenvalue weighted by atomic mass is 19.4. The van der Waals surface area contributed by atoms with Crippen LogP contribution in [0.3, 0.4) is 0 Å². The minimum atomic E-state index is -4.53. The predicted octanol–water partition coefficient (Wildman–Crippen LogP) is 5.44. The standard InChI is InChI=1S/C25H24F5N3O/c1-15-12-17(8-9-20(15)27)21(10-6-16-7-11-22(32-14-16)25(28,29)30)33-23(24(34)31-2)18-4-3-5-19(26)13-18/h3-5,7-9,11-14,21,23,33H,6,10H2,1-2H3,(H,31,34)/t21-,23-/m1/s1. The molecule has 0 radical (unpaired) electrons. The molecule has 3 aromatic rings. The van der Waals surface area contributed by atoms with Crippen LogP contribution in [-0.4, -0.2) is 17.9 Å². The maximum absolute atomic E-state index is 13.9. The number of nitrogens with one attached hydrogen (secondary N) is 2. The summed E-state index contributed by atoms with van der Waals surface area (Å²) in [5, 5.41) is 5.77. The van der Waals surface area contributed by atoms with E-state index in [2.05, 4.69) is 15.6 Å². The Kier molecular flexibility index (Phi) is 7.98. The van der Waals surface area contributed by atoms with Gasteiger partial charge in [0.1, 0.15) is 23.4 Å². The van der Waals surface area contributed by atoms with Crippen LogP contribution in [0.2, 0.25) is 0 Å². The molecule has 180 valence electrons. The van der Waals surface area contributed by atoms with Crippen LogP contribution >= 0.6 is 0 Å². The molecule has 1 aromatic heterocycles. The van der Waals surface area contributed by atoms with Crippen molar-refractivity contribution in [2.24, 2.45) is 0 Å². The number of aryl methyl sites for hydroxylation is 2. The average molecular weight is 477 g/mol. The summed E-state index contributed by atoms with van der Waals surface area (Å²) in [5.41, 5.74) is 1.08. The number of benzene rings is 2. The van der Waals surface area contributed by atoms with Crippen LogP contribution in [0.15, 0.2) is 60.8 Å². The molecule has 0 unspecified atom stereocenters. The lowest BCUT2D eigenvalue weighted by molar-refractivity contribution is -0.141. The molecule has 0 aliphatic heterocycles. The van der Waals surface area contributed by atoms with Gasteiger partial charge in [0.15, 0.2) is 0 Å². The molecule has 0 aliphatic carbocycles. The number of aromatic nitrogens is 1. The molecule has 3 rings (SSSR count). The molecule has 0 aliphatic rings. The van der Waals surface area contributed by atoms with E-state index in [1.54, 1.807) is 25.1 Å². The quantitative estimate of drug-likeness (QED) is 0.425. The van der Waals surface area contributed by atoms with Crippen molar-refractivity contribution in [3.63, 3.8) is 0 Å². The number of alkyl halides is 3. The van der Waals surface area contributed by atoms with Gasteiger partial charge < -0.3 is 5.32 Å². The second-order valence-corrected chi connectivity index (χ2v) is 7.92. The Morgan fingerprint density at radius 2 is 1.79 bits per heavy atom. The topological polar surface area (TPSA) is 54.0 Å². The molecule has 0 saturated heterocycles. The molecule has 9 heteroatoms. The summed E-state index contributed by atoms with van der Waals surface area (Å²) in [5.74, 6) is -1.29. The third kappa shape index (κ3) is 6.38. The molecule has 2 N–H and O–H groups in total. The average Bonchev–Trinajstić information content (AvgIpc) is 2.80. The van der Waals surface area contributed by atoms with Gasteiger partial charge in [0.25, 0.3) is 0 Å². The summed E-state index contributed by atoms with van der Waals surface area (Å²) in [7, 11) is 1.46. The number of likely N-dealkylation sites (N-methyl/N-ethyl adjacent to an activating group) is 1. The van der Waals surface area contributed by atoms with Crippen LogP contribution in [0.1, 0.15) is 46.5 Å². The lowest BCUT2D eigenvalue weighted by Crippen LogP contribution is -2.38. The van der Waals surface area contributed by atoms with Gasteiger partial charge >= 0.3 is 6.18 Å². The number of hydrogen-bond acceptors (Lipinski definition) is 3. The first-order valence-electron chi connectivity index (χ1n) is 10.6. The number of nitrogens with zero attached hydrogens (tertiary/aromatic N) is 1. The summed E-state index contributed by atoms with van der Waals surface area (Å²) < 4.78 is 66.1. The van der Waals surface area contributed by atoms with Gasteiger partial charge in [-0.2, -0.15) is 13.2 Å². The molecule has 0 saturated carbocycles. The maximum atomic E-state index is 13.9. The van der Waals surface area contributed by atoms with E-state index in [0.29, 0.717) is 35.1 Å². The van der Waals surface area contributed by atoms with Gasteiger partial charge in [0, 0.05) is 19.3 Å². The summed E-state index contributed by atoms with van der Waals surface area (Å²) in [4.78, 5) is 16.1. The summed E-state index contributed by atoms with van der Waals surface area (Å²) in [6, 6.07) is 11.0. The number of pyridine rings is 1. The van der Waals surface area contributed by atoms with Crippen molar-refractivity contribution >= 4 is 5.91 Å². The second kappa shape index (κ2) is 10.7. The number of rotatable bonds is 8. The van der Waals surface area contributed by atoms with Crippen molar-refractivity contribution in [2.45, 2.75) is 38.0 Å². The van der Waals surface area contributed by atoms with E-state index in [1.807, 2.05) is 0 Å². The lowest BCUT2D eigenvalue weighted by Gasteiger charge is -2.26. The van der Waals surface area contributed by atoms with Crippen molar-refractivity contribution < 1.29 is 26.7 Å². The second-order valence-electron chi connectivity index (χ2n) is 7.92. The van der Waals surface area contributed by atoms with Crippen LogP contribution in [0.4, 0.5) is 22.0 Å². The lowest BCUT2D eigenvalue weighted by atomic mass is 9.95. The molecule has 34 heavy (non-hydrogen) atoms. The minimum absolute atomic E-state index is 0.336. The smallest absolute Gasteiger partial charge is 0.358 e. The monoisotopic (exact) mass is 477 g/mol. The van der Waals surface area contributed by atoms with Crippen LogP contribution in [-0.2, 0) is 17.4 Å². The molecule has 0 bridgehead atoms. The zero-order valence-electron chi connectivity index (χ0n) is 18.6. The Bertz CT molecular complexity index is 1130. The maximum Gasteiger partial charge on any atom is 0.433 e. The molecule has 1 heterocycles. The van der Waals surface area contributed by atoms with Gasteiger partial charge in [-0.15, -0.1) is 0 Å². The Hall–Kier alpha value is -3.33. The summed E-state index contributed by atoms with van der Waals surface area (Å²) >= 11 is 0. The van der Waals surface area contributed by atoms with Gasteiger partial charge in [-0.25, -0.2) is 8.78 Å². The first-order valence-corrected chi connectivity index (χ1v) is 10.6.